The van der Waals surface area contributed by atoms with Gasteiger partial charge < -0.3 is 9.05 Å². The number of rotatable bonds is 12. The van der Waals surface area contributed by atoms with E-state index in [2.05, 4.69) is 38.1 Å². The van der Waals surface area contributed by atoms with Crippen molar-refractivity contribution in [1.29, 1.82) is 0 Å². The summed E-state index contributed by atoms with van der Waals surface area (Å²) >= 11 is 0. The monoisotopic (exact) mass is 366 g/mol. The average molecular weight is 366 g/mol. The second-order valence-corrected chi connectivity index (χ2v) is 8.49. The molecule has 0 fully saturated rings. The molecule has 25 heavy (non-hydrogen) atoms. The van der Waals surface area contributed by atoms with Crippen molar-refractivity contribution in [2.45, 2.75) is 73.1 Å². The highest BCUT2D eigenvalue weighted by molar-refractivity contribution is 7.58. The summed E-state index contributed by atoms with van der Waals surface area (Å²) in [7, 11) is -3.24. The second-order valence-electron chi connectivity index (χ2n) is 6.43. The molecule has 0 spiro atoms. The Balaban J connectivity index is 3.13. The molecule has 0 heterocycles. The van der Waals surface area contributed by atoms with Crippen molar-refractivity contribution >= 4 is 13.2 Å². The van der Waals surface area contributed by atoms with Gasteiger partial charge in [0, 0.05) is 5.31 Å². The highest BCUT2D eigenvalue weighted by Gasteiger charge is 2.31. The van der Waals surface area contributed by atoms with E-state index in [1.54, 1.807) is 0 Å². The van der Waals surface area contributed by atoms with E-state index in [0.717, 1.165) is 35.7 Å². The molecule has 0 amide bonds. The fourth-order valence-corrected chi connectivity index (χ4v) is 4.97. The van der Waals surface area contributed by atoms with Gasteiger partial charge in [0.1, 0.15) is 0 Å². The lowest BCUT2D eigenvalue weighted by atomic mass is 10.0. The van der Waals surface area contributed by atoms with Crippen LogP contribution in [0.2, 0.25) is 0 Å². The maximum absolute atomic E-state index is 13.4. The molecule has 0 radical (unpaired) electrons. The lowest BCUT2D eigenvalue weighted by molar-refractivity contribution is 0.225. The van der Waals surface area contributed by atoms with Gasteiger partial charge in [-0.3, -0.25) is 4.57 Å². The molecule has 0 atom stereocenters. The van der Waals surface area contributed by atoms with E-state index in [-0.39, 0.29) is 0 Å². The van der Waals surface area contributed by atoms with Gasteiger partial charge in [-0.15, -0.1) is 0 Å². The minimum absolute atomic E-state index is 0.387. The molecule has 0 saturated heterocycles. The summed E-state index contributed by atoms with van der Waals surface area (Å²) < 4.78 is 24.7. The number of unbranched alkanes of at least 4 members (excludes halogenated alkanes) is 4. The van der Waals surface area contributed by atoms with E-state index in [9.17, 15) is 4.57 Å². The average Bonchev–Trinajstić information content (AvgIpc) is 2.58. The molecule has 1 aromatic rings. The van der Waals surface area contributed by atoms with Crippen LogP contribution in [0.4, 0.5) is 0 Å². The van der Waals surface area contributed by atoms with Crippen LogP contribution in [0.15, 0.2) is 29.6 Å². The molecule has 4 heteroatoms. The van der Waals surface area contributed by atoms with E-state index >= 15 is 0 Å². The standard InChI is InChI=1S/C21H35O3P/c1-6-9-10-11-12-13-21(25(22,23-7-2)24-8-3)19(5)20-16-14-18(4)15-17-20/h14-17H,6-13H2,1-5H3/b21-19+. The van der Waals surface area contributed by atoms with E-state index in [0.29, 0.717) is 13.2 Å². The number of hydrogen-bond donors (Lipinski definition) is 0. The Morgan fingerprint density at radius 2 is 1.48 bits per heavy atom. The molecule has 142 valence electrons. The first kappa shape index (κ1) is 22.2. The van der Waals surface area contributed by atoms with Crippen molar-refractivity contribution in [3.05, 3.63) is 40.7 Å². The zero-order chi connectivity index (χ0) is 18.7. The van der Waals surface area contributed by atoms with E-state index < -0.39 is 7.60 Å². The third-order valence-corrected chi connectivity index (χ3v) is 6.78. The molecule has 0 aliphatic rings. The highest BCUT2D eigenvalue weighted by Crippen LogP contribution is 2.60. The van der Waals surface area contributed by atoms with Crippen molar-refractivity contribution in [3.8, 4) is 0 Å². The summed E-state index contributed by atoms with van der Waals surface area (Å²) in [6.45, 7) is 10.8. The predicted molar refractivity (Wildman–Crippen MR) is 108 cm³/mol. The highest BCUT2D eigenvalue weighted by atomic mass is 31.2. The van der Waals surface area contributed by atoms with Crippen LogP contribution in [-0.4, -0.2) is 13.2 Å². The molecule has 0 N–H and O–H groups in total. The Morgan fingerprint density at radius 3 is 2.00 bits per heavy atom. The van der Waals surface area contributed by atoms with Crippen molar-refractivity contribution < 1.29 is 13.6 Å². The van der Waals surface area contributed by atoms with E-state index in [1.807, 2.05) is 20.8 Å². The summed E-state index contributed by atoms with van der Waals surface area (Å²) in [4.78, 5) is 0. The quantitative estimate of drug-likeness (QED) is 0.286. The number of allylic oxidation sites excluding steroid dienone is 2. The van der Waals surface area contributed by atoms with Gasteiger partial charge >= 0.3 is 7.60 Å². The van der Waals surface area contributed by atoms with Gasteiger partial charge in [-0.2, -0.15) is 0 Å². The van der Waals surface area contributed by atoms with Crippen LogP contribution in [0.25, 0.3) is 5.57 Å². The topological polar surface area (TPSA) is 35.5 Å². The van der Waals surface area contributed by atoms with Gasteiger partial charge in [0.2, 0.25) is 0 Å². The van der Waals surface area contributed by atoms with Crippen molar-refractivity contribution in [3.63, 3.8) is 0 Å². The van der Waals surface area contributed by atoms with Crippen LogP contribution in [0, 0.1) is 6.92 Å². The maximum Gasteiger partial charge on any atom is 0.357 e. The maximum atomic E-state index is 13.4. The molecular weight excluding hydrogens is 331 g/mol. The first-order valence-electron chi connectivity index (χ1n) is 9.64. The first-order valence-corrected chi connectivity index (χ1v) is 11.2. The third kappa shape index (κ3) is 7.09. The molecule has 0 unspecified atom stereocenters. The van der Waals surface area contributed by atoms with Gasteiger partial charge in [-0.05, 0) is 51.7 Å². The van der Waals surface area contributed by atoms with Crippen LogP contribution in [0.5, 0.6) is 0 Å². The molecule has 0 aromatic heterocycles. The smallest absolute Gasteiger partial charge is 0.306 e. The Bertz CT molecular complexity index is 565. The second kappa shape index (κ2) is 11.7. The molecule has 1 rings (SSSR count). The number of aryl methyl sites for hydroxylation is 1. The molecule has 3 nitrogen and oxygen atoms in total. The fourth-order valence-electron chi connectivity index (χ4n) is 2.93. The van der Waals surface area contributed by atoms with Crippen LogP contribution >= 0.6 is 7.60 Å². The van der Waals surface area contributed by atoms with Crippen LogP contribution in [-0.2, 0) is 13.6 Å². The number of benzene rings is 1. The summed E-state index contributed by atoms with van der Waals surface area (Å²) in [6.07, 6.45) is 6.63. The SMILES string of the molecule is CCCCCCC/C(=C(/C)c1ccc(C)cc1)P(=O)(OCC)OCC. The number of hydrogen-bond acceptors (Lipinski definition) is 3. The predicted octanol–water partition coefficient (Wildman–Crippen LogP) is 7.35. The Labute approximate surface area is 154 Å². The summed E-state index contributed by atoms with van der Waals surface area (Å²) in [5, 5.41) is 0.844. The summed E-state index contributed by atoms with van der Waals surface area (Å²) in [6, 6.07) is 8.35. The molecule has 0 aliphatic heterocycles. The normalized spacial score (nSPS) is 13.0. The van der Waals surface area contributed by atoms with Crippen LogP contribution in [0.3, 0.4) is 0 Å². The Kier molecular flexibility index (Phi) is 10.3. The Morgan fingerprint density at radius 1 is 0.920 bits per heavy atom. The van der Waals surface area contributed by atoms with Crippen LogP contribution < -0.4 is 0 Å². The zero-order valence-electron chi connectivity index (χ0n) is 16.6. The van der Waals surface area contributed by atoms with Crippen molar-refractivity contribution in [1.82, 2.24) is 0 Å². The van der Waals surface area contributed by atoms with Gasteiger partial charge in [-0.25, -0.2) is 0 Å². The molecular formula is C21H35O3P. The molecule has 1 aromatic carbocycles. The first-order chi connectivity index (χ1) is 12.0. The minimum atomic E-state index is -3.24. The van der Waals surface area contributed by atoms with Gasteiger partial charge in [0.25, 0.3) is 0 Å². The van der Waals surface area contributed by atoms with Gasteiger partial charge in [0.15, 0.2) is 0 Å². The van der Waals surface area contributed by atoms with Gasteiger partial charge in [0.05, 0.1) is 13.2 Å². The fraction of sp³-hybridized carbons (Fsp3) is 0.619. The third-order valence-electron chi connectivity index (χ3n) is 4.36. The van der Waals surface area contributed by atoms with E-state index in [4.69, 9.17) is 9.05 Å². The summed E-state index contributed by atoms with van der Waals surface area (Å²) in [5.41, 5.74) is 3.34. The molecule has 0 bridgehead atoms. The Hall–Kier alpha value is -0.890. The zero-order valence-corrected chi connectivity index (χ0v) is 17.5. The van der Waals surface area contributed by atoms with E-state index in [1.165, 1.54) is 24.8 Å². The summed E-state index contributed by atoms with van der Waals surface area (Å²) in [5.74, 6) is 0. The lowest BCUT2D eigenvalue weighted by Crippen LogP contribution is -2.02. The lowest BCUT2D eigenvalue weighted by Gasteiger charge is -2.23. The van der Waals surface area contributed by atoms with Gasteiger partial charge in [-0.1, -0.05) is 62.4 Å². The molecule has 0 aliphatic carbocycles. The largest absolute Gasteiger partial charge is 0.357 e. The molecule has 0 saturated carbocycles. The van der Waals surface area contributed by atoms with Crippen molar-refractivity contribution in [2.75, 3.05) is 13.2 Å². The minimum Gasteiger partial charge on any atom is -0.306 e. The van der Waals surface area contributed by atoms with Crippen LogP contribution in [0.1, 0.15) is 77.3 Å². The van der Waals surface area contributed by atoms with Crippen molar-refractivity contribution in [2.24, 2.45) is 0 Å².